The van der Waals surface area contributed by atoms with Crippen LogP contribution in [-0.2, 0) is 0 Å². The van der Waals surface area contributed by atoms with Crippen molar-refractivity contribution < 1.29 is 4.42 Å². The van der Waals surface area contributed by atoms with Crippen molar-refractivity contribution in [3.05, 3.63) is 170 Å². The van der Waals surface area contributed by atoms with E-state index in [2.05, 4.69) is 126 Å². The maximum Gasteiger partial charge on any atom is 0.164 e. The van der Waals surface area contributed by atoms with Crippen LogP contribution in [0.15, 0.2) is 174 Å². The number of hydrogen-bond acceptors (Lipinski definition) is 4. The molecule has 10 aromatic rings. The lowest BCUT2D eigenvalue weighted by Gasteiger charge is -2.12. The summed E-state index contributed by atoms with van der Waals surface area (Å²) in [7, 11) is 0. The zero-order valence-corrected chi connectivity index (χ0v) is 26.9. The van der Waals surface area contributed by atoms with Crippen LogP contribution in [-0.4, -0.2) is 19.5 Å². The molecule has 0 bridgehead atoms. The largest absolute Gasteiger partial charge is 0.456 e. The summed E-state index contributed by atoms with van der Waals surface area (Å²) < 4.78 is 8.71. The molecule has 50 heavy (non-hydrogen) atoms. The van der Waals surface area contributed by atoms with Crippen molar-refractivity contribution in [2.45, 2.75) is 0 Å². The van der Waals surface area contributed by atoms with Crippen LogP contribution < -0.4 is 0 Å². The standard InChI is InChI=1S/C45H28N4O/c1-3-13-29(14-4-1)31-25-26-40-37(28-31)42-36(21-12-24-41(42)50-40)45-47-43(30-15-5-2-6-16-30)46-44(48-45)32-17-11-18-33(27-32)49-38-22-9-7-19-34(38)35-20-8-10-23-39(35)49/h1-28H. The lowest BCUT2D eigenvalue weighted by molar-refractivity contribution is 0.669. The van der Waals surface area contributed by atoms with E-state index in [0.717, 1.165) is 66.5 Å². The normalized spacial score (nSPS) is 11.6. The SMILES string of the molecule is c1ccc(-c2ccc3oc4cccc(-c5nc(-c6ccccc6)nc(-c6cccc(-n7c8ccccc8c8ccccc87)c6)n5)c4c3c2)cc1. The molecule has 10 rings (SSSR count). The number of hydrogen-bond donors (Lipinski definition) is 0. The molecule has 7 aromatic carbocycles. The molecule has 0 saturated carbocycles. The van der Waals surface area contributed by atoms with Crippen LogP contribution in [0.25, 0.3) is 94.7 Å². The van der Waals surface area contributed by atoms with Crippen LogP contribution in [0.3, 0.4) is 0 Å². The van der Waals surface area contributed by atoms with Gasteiger partial charge in [0.25, 0.3) is 0 Å². The van der Waals surface area contributed by atoms with Crippen molar-refractivity contribution >= 4 is 43.7 Å². The maximum atomic E-state index is 6.39. The van der Waals surface area contributed by atoms with Gasteiger partial charge in [-0.15, -0.1) is 0 Å². The van der Waals surface area contributed by atoms with E-state index in [1.165, 1.54) is 10.8 Å². The van der Waals surface area contributed by atoms with Gasteiger partial charge in [-0.3, -0.25) is 0 Å². The van der Waals surface area contributed by atoms with E-state index >= 15 is 0 Å². The van der Waals surface area contributed by atoms with E-state index < -0.39 is 0 Å². The molecule has 5 heteroatoms. The smallest absolute Gasteiger partial charge is 0.164 e. The summed E-state index contributed by atoms with van der Waals surface area (Å²) in [5, 5.41) is 4.44. The first-order valence-corrected chi connectivity index (χ1v) is 16.7. The highest BCUT2D eigenvalue weighted by Crippen LogP contribution is 2.39. The van der Waals surface area contributed by atoms with Gasteiger partial charge in [-0.2, -0.15) is 0 Å². The highest BCUT2D eigenvalue weighted by atomic mass is 16.3. The molecule has 3 heterocycles. The minimum atomic E-state index is 0.592. The molecule has 0 aliphatic heterocycles. The molecule has 0 N–H and O–H groups in total. The quantitative estimate of drug-likeness (QED) is 0.188. The molecule has 0 saturated heterocycles. The molecule has 0 radical (unpaired) electrons. The van der Waals surface area contributed by atoms with E-state index in [1.54, 1.807) is 0 Å². The third-order valence-electron chi connectivity index (χ3n) is 9.45. The van der Waals surface area contributed by atoms with Crippen molar-refractivity contribution in [2.75, 3.05) is 0 Å². The predicted molar refractivity (Wildman–Crippen MR) is 203 cm³/mol. The fraction of sp³-hybridized carbons (Fsp3) is 0. The summed E-state index contributed by atoms with van der Waals surface area (Å²) in [5.74, 6) is 1.81. The molecule has 0 atom stereocenters. The molecule has 234 valence electrons. The van der Waals surface area contributed by atoms with Crippen molar-refractivity contribution in [1.82, 2.24) is 19.5 Å². The monoisotopic (exact) mass is 640 g/mol. The van der Waals surface area contributed by atoms with Crippen LogP contribution in [0.2, 0.25) is 0 Å². The second kappa shape index (κ2) is 11.4. The number of fused-ring (bicyclic) bond motifs is 6. The number of benzene rings is 7. The van der Waals surface area contributed by atoms with Gasteiger partial charge in [0.15, 0.2) is 17.5 Å². The Labute approximate surface area is 287 Å². The average molecular weight is 641 g/mol. The molecule has 0 amide bonds. The zero-order valence-electron chi connectivity index (χ0n) is 26.9. The van der Waals surface area contributed by atoms with Crippen LogP contribution in [0.1, 0.15) is 0 Å². The fourth-order valence-corrected chi connectivity index (χ4v) is 7.15. The highest BCUT2D eigenvalue weighted by molar-refractivity contribution is 6.13. The topological polar surface area (TPSA) is 56.7 Å². The zero-order chi connectivity index (χ0) is 33.0. The maximum absolute atomic E-state index is 6.39. The summed E-state index contributed by atoms with van der Waals surface area (Å²) in [6.45, 7) is 0. The van der Waals surface area contributed by atoms with Crippen molar-refractivity contribution in [3.63, 3.8) is 0 Å². The molecule has 0 spiro atoms. The van der Waals surface area contributed by atoms with Gasteiger partial charge >= 0.3 is 0 Å². The third-order valence-corrected chi connectivity index (χ3v) is 9.45. The van der Waals surface area contributed by atoms with Gasteiger partial charge in [-0.1, -0.05) is 127 Å². The van der Waals surface area contributed by atoms with Gasteiger partial charge in [-0.25, -0.2) is 15.0 Å². The molecule has 0 fully saturated rings. The Morgan fingerprint density at radius 1 is 0.380 bits per heavy atom. The predicted octanol–water partition coefficient (Wildman–Crippen LogP) is 11.5. The Hall–Kier alpha value is -6.85. The lowest BCUT2D eigenvalue weighted by atomic mass is 10.0. The summed E-state index contributed by atoms with van der Waals surface area (Å²) >= 11 is 0. The number of furan rings is 1. The van der Waals surface area contributed by atoms with Crippen molar-refractivity contribution in [3.8, 4) is 51.0 Å². The van der Waals surface area contributed by atoms with Crippen molar-refractivity contribution in [2.24, 2.45) is 0 Å². The van der Waals surface area contributed by atoms with Crippen LogP contribution in [0, 0.1) is 0 Å². The number of rotatable bonds is 5. The van der Waals surface area contributed by atoms with Gasteiger partial charge in [0.05, 0.1) is 11.0 Å². The Bertz CT molecular complexity index is 2820. The third kappa shape index (κ3) is 4.60. The van der Waals surface area contributed by atoms with E-state index in [1.807, 2.05) is 48.5 Å². The lowest BCUT2D eigenvalue weighted by Crippen LogP contribution is -2.01. The number of aromatic nitrogens is 4. The Morgan fingerprint density at radius 2 is 0.980 bits per heavy atom. The Balaban J connectivity index is 1.19. The Kier molecular flexibility index (Phi) is 6.42. The molecule has 0 aliphatic carbocycles. The fourth-order valence-electron chi connectivity index (χ4n) is 7.15. The van der Waals surface area contributed by atoms with Gasteiger partial charge in [-0.05, 0) is 53.6 Å². The minimum Gasteiger partial charge on any atom is -0.456 e. The van der Waals surface area contributed by atoms with Gasteiger partial charge in [0, 0.05) is 43.9 Å². The minimum absolute atomic E-state index is 0.592. The number of nitrogens with zero attached hydrogens (tertiary/aromatic N) is 4. The van der Waals surface area contributed by atoms with E-state index in [9.17, 15) is 0 Å². The summed E-state index contributed by atoms with van der Waals surface area (Å²) in [6.07, 6.45) is 0. The van der Waals surface area contributed by atoms with Gasteiger partial charge < -0.3 is 8.98 Å². The van der Waals surface area contributed by atoms with Crippen LogP contribution in [0.5, 0.6) is 0 Å². The highest BCUT2D eigenvalue weighted by Gasteiger charge is 2.19. The van der Waals surface area contributed by atoms with E-state index in [4.69, 9.17) is 19.4 Å². The summed E-state index contributed by atoms with van der Waals surface area (Å²) in [4.78, 5) is 15.4. The summed E-state index contributed by atoms with van der Waals surface area (Å²) in [5.41, 5.74) is 9.96. The second-order valence-corrected chi connectivity index (χ2v) is 12.5. The second-order valence-electron chi connectivity index (χ2n) is 12.5. The van der Waals surface area contributed by atoms with Crippen molar-refractivity contribution in [1.29, 1.82) is 0 Å². The van der Waals surface area contributed by atoms with E-state index in [-0.39, 0.29) is 0 Å². The van der Waals surface area contributed by atoms with E-state index in [0.29, 0.717) is 17.5 Å². The average Bonchev–Trinajstić information content (AvgIpc) is 3.74. The molecule has 0 aliphatic rings. The molecule has 3 aromatic heterocycles. The first kappa shape index (κ1) is 28.2. The molecule has 0 unspecified atom stereocenters. The number of para-hydroxylation sites is 2. The summed E-state index contributed by atoms with van der Waals surface area (Å²) in [6, 6.07) is 58.6. The Morgan fingerprint density at radius 3 is 1.72 bits per heavy atom. The molecular formula is C45H28N4O. The first-order chi connectivity index (χ1) is 24.8. The van der Waals surface area contributed by atoms with Crippen LogP contribution in [0.4, 0.5) is 0 Å². The van der Waals surface area contributed by atoms with Gasteiger partial charge in [0.2, 0.25) is 0 Å². The first-order valence-electron chi connectivity index (χ1n) is 16.7. The molecule has 5 nitrogen and oxygen atoms in total. The molecular weight excluding hydrogens is 613 g/mol. The van der Waals surface area contributed by atoms with Gasteiger partial charge in [0.1, 0.15) is 11.2 Å². The van der Waals surface area contributed by atoms with Crippen LogP contribution >= 0.6 is 0 Å².